The van der Waals surface area contributed by atoms with Crippen LogP contribution in [0, 0.1) is 5.82 Å². The summed E-state index contributed by atoms with van der Waals surface area (Å²) in [6.45, 7) is 0. The maximum Gasteiger partial charge on any atom is 0.143 e. The molecule has 1 aliphatic rings. The predicted molar refractivity (Wildman–Crippen MR) is 100 cm³/mol. The van der Waals surface area contributed by atoms with Gasteiger partial charge in [-0.2, -0.15) is 5.10 Å². The van der Waals surface area contributed by atoms with Crippen LogP contribution in [0.1, 0.15) is 29.2 Å². The van der Waals surface area contributed by atoms with E-state index in [1.807, 2.05) is 25.4 Å². The number of H-pyrrole nitrogens is 1. The van der Waals surface area contributed by atoms with Crippen molar-refractivity contribution in [2.24, 2.45) is 7.05 Å². The van der Waals surface area contributed by atoms with Crippen LogP contribution in [0.2, 0.25) is 0 Å². The van der Waals surface area contributed by atoms with E-state index in [0.29, 0.717) is 5.92 Å². The number of rotatable bonds is 2. The number of hydrogen-bond donors (Lipinski definition) is 1. The van der Waals surface area contributed by atoms with Crippen LogP contribution in [0.5, 0.6) is 5.75 Å². The lowest BCUT2D eigenvalue weighted by Crippen LogP contribution is -2.12. The van der Waals surface area contributed by atoms with Crippen LogP contribution in [0.3, 0.4) is 0 Å². The highest BCUT2D eigenvalue weighted by Crippen LogP contribution is 2.42. The summed E-state index contributed by atoms with van der Waals surface area (Å²) >= 11 is 0. The van der Waals surface area contributed by atoms with Gasteiger partial charge in [0, 0.05) is 29.0 Å². The Labute approximate surface area is 150 Å². The second-order valence-electron chi connectivity index (χ2n) is 7.11. The predicted octanol–water partition coefficient (Wildman–Crippen LogP) is 4.47. The molecule has 4 nitrogen and oxygen atoms in total. The zero-order chi connectivity index (χ0) is 17.8. The van der Waals surface area contributed by atoms with E-state index >= 15 is 0 Å². The molecule has 0 fully saturated rings. The van der Waals surface area contributed by atoms with Gasteiger partial charge in [-0.3, -0.25) is 5.10 Å². The molecule has 1 atom stereocenters. The molecule has 2 heterocycles. The van der Waals surface area contributed by atoms with Crippen LogP contribution < -0.4 is 4.74 Å². The van der Waals surface area contributed by atoms with E-state index < -0.39 is 0 Å². The Morgan fingerprint density at radius 2 is 2.15 bits per heavy atom. The molecule has 2 aromatic heterocycles. The van der Waals surface area contributed by atoms with E-state index in [1.165, 1.54) is 22.9 Å². The summed E-state index contributed by atoms with van der Waals surface area (Å²) in [6, 6.07) is 9.21. The molecule has 132 valence electrons. The smallest absolute Gasteiger partial charge is 0.143 e. The number of aryl methyl sites for hydroxylation is 2. The van der Waals surface area contributed by atoms with Gasteiger partial charge in [0.15, 0.2) is 0 Å². The summed E-state index contributed by atoms with van der Waals surface area (Å²) in [5.41, 5.74) is 5.85. The van der Waals surface area contributed by atoms with Crippen LogP contribution in [-0.4, -0.2) is 21.9 Å². The molecule has 0 bridgehead atoms. The first-order valence-corrected chi connectivity index (χ1v) is 8.93. The van der Waals surface area contributed by atoms with Crippen LogP contribution in [0.25, 0.3) is 21.8 Å². The van der Waals surface area contributed by atoms with Crippen LogP contribution in [0.4, 0.5) is 4.39 Å². The number of hydrogen-bond acceptors (Lipinski definition) is 2. The first-order chi connectivity index (χ1) is 12.7. The first-order valence-electron chi connectivity index (χ1n) is 8.93. The number of nitrogens with zero attached hydrogens (tertiary/aromatic N) is 2. The summed E-state index contributed by atoms with van der Waals surface area (Å²) in [5, 5.41) is 9.35. The number of aromatic nitrogens is 3. The van der Waals surface area contributed by atoms with Crippen molar-refractivity contribution >= 4 is 21.8 Å². The fourth-order valence-corrected chi connectivity index (χ4v) is 4.51. The van der Waals surface area contributed by atoms with Crippen LogP contribution >= 0.6 is 0 Å². The Kier molecular flexibility index (Phi) is 3.32. The molecule has 0 aliphatic heterocycles. The monoisotopic (exact) mass is 349 g/mol. The van der Waals surface area contributed by atoms with E-state index in [4.69, 9.17) is 4.74 Å². The third-order valence-electron chi connectivity index (χ3n) is 5.77. The molecule has 26 heavy (non-hydrogen) atoms. The Morgan fingerprint density at radius 1 is 1.27 bits per heavy atom. The molecule has 0 spiro atoms. The molecule has 2 aromatic carbocycles. The highest BCUT2D eigenvalue weighted by atomic mass is 19.1. The molecule has 0 saturated carbocycles. The molecule has 1 N–H and O–H groups in total. The van der Waals surface area contributed by atoms with E-state index in [-0.39, 0.29) is 5.82 Å². The van der Waals surface area contributed by atoms with E-state index in [0.717, 1.165) is 46.8 Å². The molecule has 0 saturated heterocycles. The van der Waals surface area contributed by atoms with Crippen LogP contribution in [0.15, 0.2) is 36.5 Å². The van der Waals surface area contributed by atoms with Gasteiger partial charge in [0.05, 0.1) is 18.8 Å². The van der Waals surface area contributed by atoms with Crippen molar-refractivity contribution in [3.63, 3.8) is 0 Å². The zero-order valence-electron chi connectivity index (χ0n) is 14.8. The SMILES string of the molecule is COc1ccc(C2CCc3[nH]ncc3C2)c2c3cc(F)ccc3n(C)c12. The van der Waals surface area contributed by atoms with Gasteiger partial charge in [-0.15, -0.1) is 0 Å². The topological polar surface area (TPSA) is 42.8 Å². The summed E-state index contributed by atoms with van der Waals surface area (Å²) in [6.07, 6.45) is 4.94. The summed E-state index contributed by atoms with van der Waals surface area (Å²) < 4.78 is 21.8. The van der Waals surface area contributed by atoms with Crippen molar-refractivity contribution in [1.82, 2.24) is 14.8 Å². The Morgan fingerprint density at radius 3 is 3.00 bits per heavy atom. The standard InChI is InChI=1S/C21H20FN3O/c1-25-18-7-4-14(22)10-16(18)20-15(5-8-19(26-2)21(20)25)12-3-6-17-13(9-12)11-23-24-17/h4-5,7-8,10-12H,3,6,9H2,1-2H3,(H,23,24). The fourth-order valence-electron chi connectivity index (χ4n) is 4.51. The molecular formula is C21H20FN3O. The van der Waals surface area contributed by atoms with Gasteiger partial charge in [0.1, 0.15) is 11.6 Å². The van der Waals surface area contributed by atoms with Gasteiger partial charge in [0.25, 0.3) is 0 Å². The lowest BCUT2D eigenvalue weighted by Gasteiger charge is -2.23. The minimum atomic E-state index is -0.209. The van der Waals surface area contributed by atoms with Gasteiger partial charge >= 0.3 is 0 Å². The fraction of sp³-hybridized carbons (Fsp3) is 0.286. The first kappa shape index (κ1) is 15.4. The highest BCUT2D eigenvalue weighted by Gasteiger charge is 2.26. The minimum absolute atomic E-state index is 0.209. The van der Waals surface area contributed by atoms with Gasteiger partial charge < -0.3 is 9.30 Å². The van der Waals surface area contributed by atoms with Crippen molar-refractivity contribution in [2.75, 3.05) is 7.11 Å². The Balaban J connectivity index is 1.80. The average Bonchev–Trinajstić information content (AvgIpc) is 3.24. The summed E-state index contributed by atoms with van der Waals surface area (Å²) in [7, 11) is 3.70. The van der Waals surface area contributed by atoms with Crippen molar-refractivity contribution in [1.29, 1.82) is 0 Å². The maximum absolute atomic E-state index is 14.0. The number of ether oxygens (including phenoxy) is 1. The van der Waals surface area contributed by atoms with Crippen molar-refractivity contribution in [2.45, 2.75) is 25.2 Å². The van der Waals surface area contributed by atoms with E-state index in [9.17, 15) is 4.39 Å². The second kappa shape index (κ2) is 5.59. The molecule has 4 aromatic rings. The summed E-state index contributed by atoms with van der Waals surface area (Å²) in [5.74, 6) is 1.00. The zero-order valence-corrected chi connectivity index (χ0v) is 14.8. The number of methoxy groups -OCH3 is 1. The summed E-state index contributed by atoms with van der Waals surface area (Å²) in [4.78, 5) is 0. The number of benzene rings is 2. The van der Waals surface area contributed by atoms with Gasteiger partial charge in [-0.05, 0) is 60.6 Å². The maximum atomic E-state index is 14.0. The molecular weight excluding hydrogens is 329 g/mol. The average molecular weight is 349 g/mol. The van der Waals surface area contributed by atoms with E-state index in [2.05, 4.69) is 20.8 Å². The molecule has 1 unspecified atom stereocenters. The highest BCUT2D eigenvalue weighted by molar-refractivity contribution is 6.12. The van der Waals surface area contributed by atoms with Crippen molar-refractivity contribution in [3.05, 3.63) is 59.2 Å². The number of halogens is 1. The van der Waals surface area contributed by atoms with Crippen LogP contribution in [-0.2, 0) is 19.9 Å². The normalized spacial score (nSPS) is 17.0. The van der Waals surface area contributed by atoms with Gasteiger partial charge in [-0.1, -0.05) is 6.07 Å². The Hall–Kier alpha value is -2.82. The van der Waals surface area contributed by atoms with Crippen molar-refractivity contribution < 1.29 is 9.13 Å². The number of fused-ring (bicyclic) bond motifs is 4. The molecule has 5 heteroatoms. The largest absolute Gasteiger partial charge is 0.495 e. The molecule has 0 radical (unpaired) electrons. The third-order valence-corrected chi connectivity index (χ3v) is 5.77. The number of nitrogens with one attached hydrogen (secondary N) is 1. The lowest BCUT2D eigenvalue weighted by atomic mass is 9.81. The van der Waals surface area contributed by atoms with E-state index in [1.54, 1.807) is 13.2 Å². The lowest BCUT2D eigenvalue weighted by molar-refractivity contribution is 0.418. The molecule has 1 aliphatic carbocycles. The molecule has 0 amide bonds. The molecule has 5 rings (SSSR count). The van der Waals surface area contributed by atoms with Gasteiger partial charge in [0.2, 0.25) is 0 Å². The van der Waals surface area contributed by atoms with Gasteiger partial charge in [-0.25, -0.2) is 4.39 Å². The second-order valence-corrected chi connectivity index (χ2v) is 7.11. The number of aromatic amines is 1. The quantitative estimate of drug-likeness (QED) is 0.580. The Bertz CT molecular complexity index is 1140. The minimum Gasteiger partial charge on any atom is -0.495 e. The third kappa shape index (κ3) is 2.09. The van der Waals surface area contributed by atoms with Crippen molar-refractivity contribution in [3.8, 4) is 5.75 Å².